The van der Waals surface area contributed by atoms with Gasteiger partial charge in [0, 0.05) is 12.2 Å². The number of carbonyl (C=O) groups is 1. The third-order valence-electron chi connectivity index (χ3n) is 1.91. The van der Waals surface area contributed by atoms with Gasteiger partial charge in [-0.2, -0.15) is 0 Å². The monoisotopic (exact) mass is 194 g/mol. The topological polar surface area (TPSA) is 62.2 Å². The Kier molecular flexibility index (Phi) is 3.59. The zero-order chi connectivity index (χ0) is 10.6. The number of nitrogens with zero attached hydrogens (tertiary/aromatic N) is 1. The standard InChI is InChI=1S/C10H14N2O2/c1-7-4-3-5-9(12-7)6-11-8(2)10(13)14/h3-5,8,11H,6H2,1-2H3,(H,13,14)/t8-/m0/s1. The van der Waals surface area contributed by atoms with Gasteiger partial charge in [-0.1, -0.05) is 6.07 Å². The molecule has 0 bridgehead atoms. The maximum absolute atomic E-state index is 10.5. The van der Waals surface area contributed by atoms with E-state index in [0.717, 1.165) is 11.4 Å². The minimum atomic E-state index is -0.849. The van der Waals surface area contributed by atoms with Crippen LogP contribution in [0.4, 0.5) is 0 Å². The van der Waals surface area contributed by atoms with Crippen LogP contribution in [0.5, 0.6) is 0 Å². The molecule has 2 N–H and O–H groups in total. The quantitative estimate of drug-likeness (QED) is 0.749. The van der Waals surface area contributed by atoms with E-state index < -0.39 is 12.0 Å². The van der Waals surface area contributed by atoms with Crippen LogP contribution in [-0.2, 0) is 11.3 Å². The van der Waals surface area contributed by atoms with Gasteiger partial charge in [0.15, 0.2) is 0 Å². The minimum absolute atomic E-state index is 0.481. The van der Waals surface area contributed by atoms with Gasteiger partial charge >= 0.3 is 5.97 Å². The summed E-state index contributed by atoms with van der Waals surface area (Å²) < 4.78 is 0. The number of aryl methyl sites for hydroxylation is 1. The van der Waals surface area contributed by atoms with E-state index in [1.54, 1.807) is 6.92 Å². The van der Waals surface area contributed by atoms with E-state index in [4.69, 9.17) is 5.11 Å². The highest BCUT2D eigenvalue weighted by Gasteiger charge is 2.09. The molecule has 0 aliphatic rings. The smallest absolute Gasteiger partial charge is 0.320 e. The molecule has 14 heavy (non-hydrogen) atoms. The first kappa shape index (κ1) is 10.7. The molecule has 0 aliphatic carbocycles. The van der Waals surface area contributed by atoms with Crippen molar-refractivity contribution in [1.29, 1.82) is 0 Å². The predicted octanol–water partition coefficient (Wildman–Crippen LogP) is 0.953. The Morgan fingerprint density at radius 2 is 2.36 bits per heavy atom. The first-order valence-electron chi connectivity index (χ1n) is 4.48. The molecular weight excluding hydrogens is 180 g/mol. The number of hydrogen-bond donors (Lipinski definition) is 2. The number of carboxylic acid groups (broad SMARTS) is 1. The third kappa shape index (κ3) is 3.14. The second-order valence-corrected chi connectivity index (χ2v) is 3.21. The van der Waals surface area contributed by atoms with Crippen molar-refractivity contribution in [3.05, 3.63) is 29.6 Å². The largest absolute Gasteiger partial charge is 0.480 e. The van der Waals surface area contributed by atoms with Crippen LogP contribution >= 0.6 is 0 Å². The summed E-state index contributed by atoms with van der Waals surface area (Å²) in [7, 11) is 0. The summed E-state index contributed by atoms with van der Waals surface area (Å²) >= 11 is 0. The van der Waals surface area contributed by atoms with Crippen molar-refractivity contribution in [1.82, 2.24) is 10.3 Å². The van der Waals surface area contributed by atoms with Gasteiger partial charge < -0.3 is 5.11 Å². The van der Waals surface area contributed by atoms with Gasteiger partial charge in [0.2, 0.25) is 0 Å². The van der Waals surface area contributed by atoms with Gasteiger partial charge in [0.1, 0.15) is 6.04 Å². The fourth-order valence-corrected chi connectivity index (χ4v) is 1.04. The van der Waals surface area contributed by atoms with Gasteiger partial charge in [-0.3, -0.25) is 15.1 Å². The Hall–Kier alpha value is -1.42. The van der Waals surface area contributed by atoms with Gasteiger partial charge in [0.25, 0.3) is 0 Å². The van der Waals surface area contributed by atoms with E-state index in [1.807, 2.05) is 25.1 Å². The Labute approximate surface area is 83.0 Å². The lowest BCUT2D eigenvalue weighted by molar-refractivity contribution is -0.139. The van der Waals surface area contributed by atoms with Crippen LogP contribution in [0.3, 0.4) is 0 Å². The molecule has 1 rings (SSSR count). The molecule has 0 aliphatic heterocycles. The number of pyridine rings is 1. The average molecular weight is 194 g/mol. The lowest BCUT2D eigenvalue weighted by Gasteiger charge is -2.08. The molecule has 1 atom stereocenters. The summed E-state index contributed by atoms with van der Waals surface area (Å²) in [6, 6.07) is 5.14. The summed E-state index contributed by atoms with van der Waals surface area (Å²) in [5, 5.41) is 11.5. The molecule has 4 nitrogen and oxygen atoms in total. The van der Waals surface area contributed by atoms with Crippen molar-refractivity contribution in [3.63, 3.8) is 0 Å². The van der Waals surface area contributed by atoms with Crippen LogP contribution in [0.2, 0.25) is 0 Å². The Bertz CT molecular complexity index is 326. The van der Waals surface area contributed by atoms with Gasteiger partial charge in [0.05, 0.1) is 5.69 Å². The maximum Gasteiger partial charge on any atom is 0.320 e. The summed E-state index contributed by atoms with van der Waals surface area (Å²) in [6.45, 7) is 4.00. The van der Waals surface area contributed by atoms with Crippen LogP contribution in [0.15, 0.2) is 18.2 Å². The van der Waals surface area contributed by atoms with Crippen LogP contribution in [0.1, 0.15) is 18.3 Å². The van der Waals surface area contributed by atoms with Crippen molar-refractivity contribution >= 4 is 5.97 Å². The Morgan fingerprint density at radius 3 is 2.93 bits per heavy atom. The fraction of sp³-hybridized carbons (Fsp3) is 0.400. The van der Waals surface area contributed by atoms with E-state index in [9.17, 15) is 4.79 Å². The molecule has 1 aromatic rings. The molecule has 4 heteroatoms. The highest BCUT2D eigenvalue weighted by atomic mass is 16.4. The van der Waals surface area contributed by atoms with Gasteiger partial charge in [-0.25, -0.2) is 0 Å². The Morgan fingerprint density at radius 1 is 1.64 bits per heavy atom. The van der Waals surface area contributed by atoms with Gasteiger partial charge in [-0.15, -0.1) is 0 Å². The zero-order valence-electron chi connectivity index (χ0n) is 8.32. The number of nitrogens with one attached hydrogen (secondary N) is 1. The molecular formula is C10H14N2O2. The van der Waals surface area contributed by atoms with E-state index in [0.29, 0.717) is 6.54 Å². The number of aliphatic carboxylic acids is 1. The van der Waals surface area contributed by atoms with Crippen LogP contribution in [0.25, 0.3) is 0 Å². The van der Waals surface area contributed by atoms with Crippen molar-refractivity contribution < 1.29 is 9.90 Å². The van der Waals surface area contributed by atoms with Crippen molar-refractivity contribution in [2.24, 2.45) is 0 Å². The average Bonchev–Trinajstić information content (AvgIpc) is 2.14. The third-order valence-corrected chi connectivity index (χ3v) is 1.91. The SMILES string of the molecule is Cc1cccc(CN[C@@H](C)C(=O)O)n1. The number of hydrogen-bond acceptors (Lipinski definition) is 3. The van der Waals surface area contributed by atoms with Crippen molar-refractivity contribution in [3.8, 4) is 0 Å². The van der Waals surface area contributed by atoms with E-state index in [2.05, 4.69) is 10.3 Å². The zero-order valence-corrected chi connectivity index (χ0v) is 8.32. The highest BCUT2D eigenvalue weighted by Crippen LogP contribution is 1.98. The molecule has 0 amide bonds. The summed E-state index contributed by atoms with van der Waals surface area (Å²) in [5.74, 6) is -0.849. The van der Waals surface area contributed by atoms with E-state index >= 15 is 0 Å². The fourth-order valence-electron chi connectivity index (χ4n) is 1.04. The van der Waals surface area contributed by atoms with Crippen LogP contribution in [0, 0.1) is 6.92 Å². The second kappa shape index (κ2) is 4.72. The molecule has 76 valence electrons. The first-order valence-corrected chi connectivity index (χ1v) is 4.48. The van der Waals surface area contributed by atoms with Crippen molar-refractivity contribution in [2.45, 2.75) is 26.4 Å². The first-order chi connectivity index (χ1) is 6.59. The summed E-state index contributed by atoms with van der Waals surface area (Å²) in [6.07, 6.45) is 0. The summed E-state index contributed by atoms with van der Waals surface area (Å²) in [5.41, 5.74) is 1.80. The van der Waals surface area contributed by atoms with E-state index in [-0.39, 0.29) is 0 Å². The molecule has 0 unspecified atom stereocenters. The van der Waals surface area contributed by atoms with Crippen molar-refractivity contribution in [2.75, 3.05) is 0 Å². The maximum atomic E-state index is 10.5. The van der Waals surface area contributed by atoms with Gasteiger partial charge in [-0.05, 0) is 26.0 Å². The predicted molar refractivity (Wildman–Crippen MR) is 52.9 cm³/mol. The molecule has 1 aromatic heterocycles. The highest BCUT2D eigenvalue weighted by molar-refractivity contribution is 5.72. The lowest BCUT2D eigenvalue weighted by atomic mass is 10.3. The second-order valence-electron chi connectivity index (χ2n) is 3.21. The molecule has 0 aromatic carbocycles. The lowest BCUT2D eigenvalue weighted by Crippen LogP contribution is -2.33. The van der Waals surface area contributed by atoms with Crippen LogP contribution < -0.4 is 5.32 Å². The van der Waals surface area contributed by atoms with E-state index in [1.165, 1.54) is 0 Å². The molecule has 1 heterocycles. The molecule has 0 saturated heterocycles. The molecule has 0 saturated carbocycles. The minimum Gasteiger partial charge on any atom is -0.480 e. The number of rotatable bonds is 4. The number of carboxylic acids is 1. The molecule has 0 fully saturated rings. The Balaban J connectivity index is 2.49. The number of aromatic nitrogens is 1. The molecule has 0 spiro atoms. The van der Waals surface area contributed by atoms with Crippen LogP contribution in [-0.4, -0.2) is 22.1 Å². The normalized spacial score (nSPS) is 12.4. The molecule has 0 radical (unpaired) electrons. The summed E-state index contributed by atoms with van der Waals surface area (Å²) in [4.78, 5) is 14.8.